The van der Waals surface area contributed by atoms with Crippen LogP contribution in [-0.4, -0.2) is 97.7 Å². The molecule has 3 fully saturated rings. The first-order chi connectivity index (χ1) is 25.8. The fourth-order valence-corrected chi connectivity index (χ4v) is 7.80. The zero-order chi connectivity index (χ0) is 38.7. The predicted molar refractivity (Wildman–Crippen MR) is 202 cm³/mol. The molecule has 0 bridgehead atoms. The number of likely N-dealkylation sites (tertiary alicyclic amines) is 1. The van der Waals surface area contributed by atoms with Crippen LogP contribution in [0.2, 0.25) is 0 Å². The van der Waals surface area contributed by atoms with Crippen LogP contribution in [0.3, 0.4) is 0 Å². The Morgan fingerprint density at radius 1 is 0.963 bits per heavy atom. The predicted octanol–water partition coefficient (Wildman–Crippen LogP) is 5.11. The number of allylic oxidation sites excluding steroid dienone is 2. The second-order valence-electron chi connectivity index (χ2n) is 14.3. The molecule has 11 nitrogen and oxygen atoms in total. The Morgan fingerprint density at radius 3 is 2.28 bits per heavy atom. The number of pyridine rings is 1. The minimum atomic E-state index is -3.00. The third-order valence-electron chi connectivity index (χ3n) is 10.9. The topological polar surface area (TPSA) is 108 Å². The van der Waals surface area contributed by atoms with Crippen LogP contribution in [0, 0.1) is 19.7 Å². The third-order valence-corrected chi connectivity index (χ3v) is 10.9. The van der Waals surface area contributed by atoms with Crippen molar-refractivity contribution in [2.24, 2.45) is 0 Å². The van der Waals surface area contributed by atoms with Crippen molar-refractivity contribution < 1.29 is 32.2 Å². The highest BCUT2D eigenvalue weighted by atomic mass is 19.3. The number of carbonyl (C=O) groups is 2. The number of rotatable bonds is 11. The smallest absolute Gasteiger partial charge is 0.275 e. The highest BCUT2D eigenvalue weighted by Crippen LogP contribution is 2.39. The van der Waals surface area contributed by atoms with E-state index in [2.05, 4.69) is 10.6 Å². The van der Waals surface area contributed by atoms with Crippen molar-refractivity contribution in [2.75, 3.05) is 63.7 Å². The minimum Gasteiger partial charge on any atom is -0.496 e. The number of methoxy groups -OCH3 is 2. The molecule has 1 aromatic heterocycles. The number of nitrogens with one attached hydrogen (secondary N) is 2. The van der Waals surface area contributed by atoms with Crippen LogP contribution >= 0.6 is 0 Å². The fraction of sp³-hybridized carbons (Fsp3) is 0.475. The average Bonchev–Trinajstić information content (AvgIpc) is 3.15. The summed E-state index contributed by atoms with van der Waals surface area (Å²) in [5, 5.41) is 5.27. The number of imide groups is 1. The lowest BCUT2D eigenvalue weighted by Gasteiger charge is -2.46. The number of piperazine rings is 1. The summed E-state index contributed by atoms with van der Waals surface area (Å²) in [5.41, 5.74) is 4.56. The Labute approximate surface area is 313 Å². The zero-order valence-electron chi connectivity index (χ0n) is 31.5. The first-order valence-electron chi connectivity index (χ1n) is 18.4. The molecule has 2 unspecified atom stereocenters. The van der Waals surface area contributed by atoms with Gasteiger partial charge in [-0.25, -0.2) is 13.2 Å². The normalized spacial score (nSPS) is 21.0. The number of amides is 2. The number of ether oxygens (including phenoxy) is 2. The monoisotopic (exact) mass is 750 g/mol. The molecule has 3 saturated heterocycles. The summed E-state index contributed by atoms with van der Waals surface area (Å²) in [4.78, 5) is 41.9. The summed E-state index contributed by atoms with van der Waals surface area (Å²) in [5.74, 6) is -3.20. The van der Waals surface area contributed by atoms with Crippen molar-refractivity contribution in [1.29, 1.82) is 0 Å². The summed E-state index contributed by atoms with van der Waals surface area (Å²) >= 11 is 0. The van der Waals surface area contributed by atoms with Crippen molar-refractivity contribution >= 4 is 23.2 Å². The maximum absolute atomic E-state index is 16.0. The lowest BCUT2D eigenvalue weighted by Crippen LogP contribution is -2.61. The van der Waals surface area contributed by atoms with Gasteiger partial charge >= 0.3 is 0 Å². The molecular weight excluding hydrogens is 701 g/mol. The van der Waals surface area contributed by atoms with Crippen molar-refractivity contribution in [3.63, 3.8) is 0 Å². The molecule has 14 heteroatoms. The quantitative estimate of drug-likeness (QED) is 0.204. The van der Waals surface area contributed by atoms with E-state index in [0.717, 1.165) is 16.7 Å². The second kappa shape index (κ2) is 16.3. The van der Waals surface area contributed by atoms with Gasteiger partial charge in [0.05, 0.1) is 38.1 Å². The van der Waals surface area contributed by atoms with Gasteiger partial charge in [-0.2, -0.15) is 0 Å². The van der Waals surface area contributed by atoms with E-state index in [1.165, 1.54) is 6.07 Å². The average molecular weight is 751 g/mol. The Morgan fingerprint density at radius 2 is 1.67 bits per heavy atom. The molecule has 0 saturated carbocycles. The Bertz CT molecular complexity index is 1950. The van der Waals surface area contributed by atoms with Crippen LogP contribution in [0.15, 0.2) is 53.5 Å². The molecule has 3 aromatic rings. The molecule has 2 atom stereocenters. The molecule has 6 rings (SSSR count). The van der Waals surface area contributed by atoms with Crippen LogP contribution in [0.4, 0.5) is 24.5 Å². The van der Waals surface area contributed by atoms with E-state index < -0.39 is 36.3 Å². The minimum absolute atomic E-state index is 0.0575. The molecule has 0 aliphatic carbocycles. The SMILES string of the molecule is C/C=C/Cn1cc(-c2cc(OC)c(CN3CCC(N4CCN(c5ccc(NC6CCC(=O)NC6=O)cc5F)CC4)C(F)(F)C3)c(OC)c2)c(C)c(C)c1=O. The van der Waals surface area contributed by atoms with Gasteiger partial charge in [0.15, 0.2) is 0 Å². The summed E-state index contributed by atoms with van der Waals surface area (Å²) < 4.78 is 60.5. The lowest BCUT2D eigenvalue weighted by molar-refractivity contribution is -0.133. The molecule has 2 aromatic carbocycles. The van der Waals surface area contributed by atoms with Gasteiger partial charge in [0.2, 0.25) is 11.8 Å². The highest BCUT2D eigenvalue weighted by molar-refractivity contribution is 6.01. The largest absolute Gasteiger partial charge is 0.496 e. The molecule has 3 aliphatic rings. The Hall–Kier alpha value is -4.82. The number of hydrogen-bond acceptors (Lipinski definition) is 9. The van der Waals surface area contributed by atoms with Gasteiger partial charge in [-0.3, -0.25) is 29.5 Å². The number of piperidine rings is 2. The van der Waals surface area contributed by atoms with Crippen molar-refractivity contribution in [1.82, 2.24) is 19.7 Å². The maximum atomic E-state index is 16.0. The number of carbonyl (C=O) groups excluding carboxylic acids is 2. The summed E-state index contributed by atoms with van der Waals surface area (Å²) in [7, 11) is 3.10. The summed E-state index contributed by atoms with van der Waals surface area (Å²) in [6, 6.07) is 6.81. The van der Waals surface area contributed by atoms with Gasteiger partial charge in [0.25, 0.3) is 11.5 Å². The van der Waals surface area contributed by atoms with Crippen molar-refractivity contribution in [3.8, 4) is 22.6 Å². The van der Waals surface area contributed by atoms with Gasteiger partial charge in [-0.15, -0.1) is 0 Å². The van der Waals surface area contributed by atoms with Crippen LogP contribution in [0.1, 0.15) is 42.9 Å². The van der Waals surface area contributed by atoms with Gasteiger partial charge in [-0.05, 0) is 75.1 Å². The van der Waals surface area contributed by atoms with E-state index in [9.17, 15) is 14.4 Å². The molecule has 4 heterocycles. The standard InChI is InChI=1S/C40H49F3N6O5/c1-6-7-13-49-23-29(25(2)26(3)39(49)52)27-19-34(53-4)30(35(20-27)54-5)22-46-14-12-36(40(42,43)24-46)48-17-15-47(16-18-48)33-10-8-28(21-31(33)41)44-32-9-11-37(50)45-38(32)51/h6-8,10,19-21,23,32,36,44H,9,11-18,22,24H2,1-5H3,(H,45,50,51)/b7-6+. The first kappa shape index (κ1) is 38.9. The number of alkyl halides is 2. The van der Waals surface area contributed by atoms with Crippen LogP contribution < -0.4 is 30.6 Å². The van der Waals surface area contributed by atoms with E-state index in [0.29, 0.717) is 79.7 Å². The molecule has 0 radical (unpaired) electrons. The maximum Gasteiger partial charge on any atom is 0.275 e. The molecule has 0 spiro atoms. The van der Waals surface area contributed by atoms with Crippen molar-refractivity contribution in [3.05, 3.63) is 81.5 Å². The molecule has 2 N–H and O–H groups in total. The summed E-state index contributed by atoms with van der Waals surface area (Å²) in [6.45, 7) is 7.77. The number of benzene rings is 2. The van der Waals surface area contributed by atoms with E-state index >= 15 is 13.2 Å². The lowest BCUT2D eigenvalue weighted by atomic mass is 9.95. The zero-order valence-corrected chi connectivity index (χ0v) is 31.5. The number of nitrogens with zero attached hydrogens (tertiary/aromatic N) is 4. The highest BCUT2D eigenvalue weighted by Gasteiger charge is 2.48. The fourth-order valence-electron chi connectivity index (χ4n) is 7.80. The number of halogens is 3. The number of anilines is 2. The molecule has 2 amide bonds. The third kappa shape index (κ3) is 8.14. The van der Waals surface area contributed by atoms with Crippen LogP contribution in [0.25, 0.3) is 11.1 Å². The van der Waals surface area contributed by atoms with Crippen molar-refractivity contribution in [2.45, 2.75) is 71.1 Å². The Balaban J connectivity index is 1.10. The van der Waals surface area contributed by atoms with Gasteiger partial charge in [0, 0.05) is 75.2 Å². The van der Waals surface area contributed by atoms with E-state index in [1.54, 1.807) is 35.8 Å². The summed E-state index contributed by atoms with van der Waals surface area (Å²) in [6.07, 6.45) is 6.44. The Kier molecular flexibility index (Phi) is 11.7. The van der Waals surface area contributed by atoms with E-state index in [-0.39, 0.29) is 30.9 Å². The van der Waals surface area contributed by atoms with Gasteiger partial charge in [-0.1, -0.05) is 12.2 Å². The first-order valence-corrected chi connectivity index (χ1v) is 18.4. The number of aromatic nitrogens is 1. The van der Waals surface area contributed by atoms with Crippen LogP contribution in [-0.2, 0) is 22.7 Å². The van der Waals surface area contributed by atoms with E-state index in [4.69, 9.17) is 9.47 Å². The second-order valence-corrected chi connectivity index (χ2v) is 14.3. The van der Waals surface area contributed by atoms with Crippen LogP contribution in [0.5, 0.6) is 11.5 Å². The van der Waals surface area contributed by atoms with Gasteiger partial charge in [0.1, 0.15) is 23.4 Å². The number of hydrogen-bond donors (Lipinski definition) is 2. The van der Waals surface area contributed by atoms with Gasteiger partial charge < -0.3 is 24.3 Å². The van der Waals surface area contributed by atoms with E-state index in [1.807, 2.05) is 61.1 Å². The molecule has 54 heavy (non-hydrogen) atoms. The molecular formula is C40H49F3N6O5. The molecule has 290 valence electrons. The molecule has 3 aliphatic heterocycles.